The zero-order valence-electron chi connectivity index (χ0n) is 18.0. The zero-order chi connectivity index (χ0) is 25.5. The Kier molecular flexibility index (Phi) is 8.07. The van der Waals surface area contributed by atoms with Crippen LogP contribution in [0.15, 0.2) is 54.5 Å². The number of nitrogen functional groups attached to an aromatic ring is 1. The minimum absolute atomic E-state index is 0.00569. The molecule has 0 radical (unpaired) electrons. The lowest BCUT2D eigenvalue weighted by Gasteiger charge is -2.15. The Hall–Kier alpha value is -4.36. The third-order valence-electron chi connectivity index (χ3n) is 4.38. The maximum atomic E-state index is 13.2. The number of alkyl halides is 2. The van der Waals surface area contributed by atoms with E-state index in [2.05, 4.69) is 31.9 Å². The molecule has 1 aromatic carbocycles. The largest absolute Gasteiger partial charge is 0.415 e. The van der Waals surface area contributed by atoms with Crippen LogP contribution in [0.25, 0.3) is 5.82 Å². The second-order valence-electron chi connectivity index (χ2n) is 6.66. The number of oxime groups is 1. The molecule has 0 saturated heterocycles. The predicted octanol–water partition coefficient (Wildman–Crippen LogP) is 3.18. The van der Waals surface area contributed by atoms with E-state index < -0.39 is 24.3 Å². The number of ether oxygens (including phenoxy) is 1. The number of aryl methyl sites for hydroxylation is 1. The van der Waals surface area contributed by atoms with Crippen LogP contribution in [0.5, 0.6) is 5.88 Å². The molecule has 0 spiro atoms. The average molecular weight is 506 g/mol. The van der Waals surface area contributed by atoms with E-state index in [0.717, 1.165) is 17.0 Å². The first kappa shape index (κ1) is 25.3. The van der Waals surface area contributed by atoms with Crippen molar-refractivity contribution < 1.29 is 27.9 Å². The van der Waals surface area contributed by atoms with Gasteiger partial charge in [0.05, 0.1) is 22.5 Å². The van der Waals surface area contributed by atoms with Crippen LogP contribution in [-0.2, 0) is 4.84 Å². The van der Waals surface area contributed by atoms with Crippen molar-refractivity contribution >= 4 is 35.3 Å². The SMILES string of the molecule is C=CO/N=C/c1cc(C)c(NC(=O)c2cc(OC(F)F)nn2-c2ncccc2Cl)c(C(=O)NN)c1. The van der Waals surface area contributed by atoms with Gasteiger partial charge in [0.25, 0.3) is 11.8 Å². The maximum Gasteiger partial charge on any atom is 0.388 e. The van der Waals surface area contributed by atoms with Crippen molar-refractivity contribution in [2.24, 2.45) is 11.0 Å². The lowest BCUT2D eigenvalue weighted by molar-refractivity contribution is -0.0530. The third-order valence-corrected chi connectivity index (χ3v) is 4.67. The van der Waals surface area contributed by atoms with Gasteiger partial charge in [-0.3, -0.25) is 15.0 Å². The van der Waals surface area contributed by atoms with Crippen molar-refractivity contribution in [2.45, 2.75) is 13.5 Å². The van der Waals surface area contributed by atoms with Crippen molar-refractivity contribution in [2.75, 3.05) is 5.32 Å². The molecule has 2 aromatic heterocycles. The monoisotopic (exact) mass is 505 g/mol. The molecule has 2 amide bonds. The number of pyridine rings is 1. The Morgan fingerprint density at radius 3 is 2.74 bits per heavy atom. The van der Waals surface area contributed by atoms with Crippen molar-refractivity contribution in [3.63, 3.8) is 0 Å². The molecule has 0 aliphatic heterocycles. The number of hydrogen-bond acceptors (Lipinski definition) is 8. The summed E-state index contributed by atoms with van der Waals surface area (Å²) >= 11 is 6.15. The number of nitrogens with zero attached hydrogens (tertiary/aromatic N) is 4. The molecule has 3 rings (SSSR count). The number of anilines is 1. The Bertz CT molecular complexity index is 1300. The molecule has 2 heterocycles. The van der Waals surface area contributed by atoms with Gasteiger partial charge < -0.3 is 14.9 Å². The number of hydrazine groups is 1. The van der Waals surface area contributed by atoms with Crippen molar-refractivity contribution in [3.05, 3.63) is 76.8 Å². The normalized spacial score (nSPS) is 10.9. The number of amides is 2. The summed E-state index contributed by atoms with van der Waals surface area (Å²) < 4.78 is 30.8. The van der Waals surface area contributed by atoms with Crippen LogP contribution >= 0.6 is 11.6 Å². The lowest BCUT2D eigenvalue weighted by atomic mass is 10.0. The minimum Gasteiger partial charge on any atom is -0.415 e. The van der Waals surface area contributed by atoms with E-state index in [0.29, 0.717) is 11.1 Å². The topological polar surface area (TPSA) is 146 Å². The molecule has 0 aliphatic rings. The summed E-state index contributed by atoms with van der Waals surface area (Å²) in [7, 11) is 0. The van der Waals surface area contributed by atoms with E-state index in [1.807, 2.05) is 5.43 Å². The highest BCUT2D eigenvalue weighted by Gasteiger charge is 2.24. The number of nitrogens with one attached hydrogen (secondary N) is 2. The summed E-state index contributed by atoms with van der Waals surface area (Å²) in [5.74, 6) is 3.20. The molecule has 11 nitrogen and oxygen atoms in total. The number of hydrogen-bond donors (Lipinski definition) is 3. The van der Waals surface area contributed by atoms with E-state index >= 15 is 0 Å². The fraction of sp³-hybridized carbons (Fsp3) is 0.0952. The van der Waals surface area contributed by atoms with Gasteiger partial charge in [0, 0.05) is 12.3 Å². The maximum absolute atomic E-state index is 13.2. The van der Waals surface area contributed by atoms with Crippen molar-refractivity contribution in [3.8, 4) is 11.7 Å². The quantitative estimate of drug-likeness (QED) is 0.133. The van der Waals surface area contributed by atoms with Crippen LogP contribution in [0.2, 0.25) is 5.02 Å². The Labute approximate surface area is 202 Å². The van der Waals surface area contributed by atoms with Gasteiger partial charge in [0.2, 0.25) is 5.88 Å². The van der Waals surface area contributed by atoms with E-state index in [1.54, 1.807) is 13.0 Å². The highest BCUT2D eigenvalue weighted by molar-refractivity contribution is 6.32. The number of nitrogens with two attached hydrogens (primary N) is 1. The van der Waals surface area contributed by atoms with Gasteiger partial charge in [0.1, 0.15) is 12.0 Å². The van der Waals surface area contributed by atoms with Crippen molar-refractivity contribution in [1.82, 2.24) is 20.2 Å². The molecule has 4 N–H and O–H groups in total. The Morgan fingerprint density at radius 1 is 1.31 bits per heavy atom. The van der Waals surface area contributed by atoms with Crippen LogP contribution in [0.1, 0.15) is 32.0 Å². The van der Waals surface area contributed by atoms with Gasteiger partial charge in [-0.2, -0.15) is 8.78 Å². The smallest absolute Gasteiger partial charge is 0.388 e. The summed E-state index contributed by atoms with van der Waals surface area (Å²) in [4.78, 5) is 34.4. The second kappa shape index (κ2) is 11.2. The van der Waals surface area contributed by atoms with Crippen LogP contribution < -0.4 is 21.3 Å². The predicted molar refractivity (Wildman–Crippen MR) is 123 cm³/mol. The first-order valence-corrected chi connectivity index (χ1v) is 10.1. The van der Waals surface area contributed by atoms with Crippen LogP contribution in [0, 0.1) is 6.92 Å². The Morgan fingerprint density at radius 2 is 2.09 bits per heavy atom. The first-order chi connectivity index (χ1) is 16.7. The van der Waals surface area contributed by atoms with E-state index in [-0.39, 0.29) is 27.8 Å². The number of rotatable bonds is 9. The molecule has 14 heteroatoms. The van der Waals surface area contributed by atoms with Crippen LogP contribution in [0.3, 0.4) is 0 Å². The Balaban J connectivity index is 2.06. The molecule has 0 bridgehead atoms. The highest BCUT2D eigenvalue weighted by Crippen LogP contribution is 2.26. The van der Waals surface area contributed by atoms with Crippen molar-refractivity contribution in [1.29, 1.82) is 0 Å². The molecule has 0 saturated carbocycles. The number of carbonyl (C=O) groups is 2. The number of halogens is 3. The van der Waals surface area contributed by atoms with Gasteiger partial charge in [0.15, 0.2) is 5.82 Å². The van der Waals surface area contributed by atoms with Crippen LogP contribution in [-0.4, -0.2) is 39.4 Å². The van der Waals surface area contributed by atoms with Gasteiger partial charge >= 0.3 is 6.61 Å². The lowest BCUT2D eigenvalue weighted by Crippen LogP contribution is -2.31. The highest BCUT2D eigenvalue weighted by atomic mass is 35.5. The number of benzene rings is 1. The average Bonchev–Trinajstić information content (AvgIpc) is 3.23. The molecule has 35 heavy (non-hydrogen) atoms. The van der Waals surface area contributed by atoms with Gasteiger partial charge in [-0.05, 0) is 42.3 Å². The summed E-state index contributed by atoms with van der Waals surface area (Å²) in [5, 5.41) is 10.2. The first-order valence-electron chi connectivity index (χ1n) is 9.68. The van der Waals surface area contributed by atoms with Gasteiger partial charge in [-0.15, -0.1) is 5.10 Å². The molecule has 0 fully saturated rings. The van der Waals surface area contributed by atoms with E-state index in [1.165, 1.54) is 30.6 Å². The number of aromatic nitrogens is 3. The summed E-state index contributed by atoms with van der Waals surface area (Å²) in [6.07, 6.45) is 3.80. The molecule has 0 atom stereocenters. The summed E-state index contributed by atoms with van der Waals surface area (Å²) in [5.41, 5.74) is 2.74. The van der Waals surface area contributed by atoms with Gasteiger partial charge in [-0.25, -0.2) is 15.5 Å². The standard InChI is InChI=1S/C21H18ClF2N7O4/c1-3-34-27-10-12-7-11(2)17(13(8-12)19(32)29-25)28-20(33)15-9-16(35-21(23)24)30-31(15)18-14(22)5-4-6-26-18/h3-10,21H,1,25H2,2H3,(H,28,33)(H,29,32)/b27-10+. The molecule has 0 unspecified atom stereocenters. The van der Waals surface area contributed by atoms with E-state index in [9.17, 15) is 18.4 Å². The fourth-order valence-electron chi connectivity index (χ4n) is 2.99. The fourth-order valence-corrected chi connectivity index (χ4v) is 3.19. The molecular weight excluding hydrogens is 488 g/mol. The second-order valence-corrected chi connectivity index (χ2v) is 7.07. The summed E-state index contributed by atoms with van der Waals surface area (Å²) in [6.45, 7) is 1.79. The van der Waals surface area contributed by atoms with Crippen LogP contribution in [0.4, 0.5) is 14.5 Å². The van der Waals surface area contributed by atoms with Gasteiger partial charge in [-0.1, -0.05) is 23.3 Å². The number of carbonyl (C=O) groups excluding carboxylic acids is 2. The molecule has 182 valence electrons. The molecular formula is C21H18ClF2N7O4. The molecule has 3 aromatic rings. The summed E-state index contributed by atoms with van der Waals surface area (Å²) in [6, 6.07) is 7.01. The zero-order valence-corrected chi connectivity index (χ0v) is 18.8. The molecule has 0 aliphatic carbocycles. The van der Waals surface area contributed by atoms with E-state index in [4.69, 9.17) is 22.3 Å². The minimum atomic E-state index is -3.19. The third kappa shape index (κ3) is 5.96.